The number of hydrogen-bond acceptors (Lipinski definition) is 4. The molecule has 0 bridgehead atoms. The van der Waals surface area contributed by atoms with Gasteiger partial charge in [0, 0.05) is 0 Å². The van der Waals surface area contributed by atoms with Crippen molar-refractivity contribution in [2.75, 3.05) is 12.0 Å². The van der Waals surface area contributed by atoms with Crippen LogP contribution in [0.2, 0.25) is 0 Å². The lowest BCUT2D eigenvalue weighted by Crippen LogP contribution is -2.48. The van der Waals surface area contributed by atoms with Crippen molar-refractivity contribution in [3.8, 4) is 0 Å². The zero-order valence-corrected chi connectivity index (χ0v) is 13.0. The van der Waals surface area contributed by atoms with Crippen molar-refractivity contribution in [1.29, 1.82) is 0 Å². The van der Waals surface area contributed by atoms with Crippen LogP contribution in [0.1, 0.15) is 41.0 Å². The second-order valence-corrected chi connectivity index (χ2v) is 6.26. The number of ether oxygens (including phenoxy) is 1. The van der Waals surface area contributed by atoms with E-state index in [0.29, 0.717) is 5.75 Å². The van der Waals surface area contributed by atoms with Gasteiger partial charge in [-0.05, 0) is 32.9 Å². The van der Waals surface area contributed by atoms with Crippen molar-refractivity contribution in [3.05, 3.63) is 0 Å². The Bertz CT molecular complexity index is 286. The number of rotatable bonds is 6. The molecule has 0 aromatic rings. The fraction of sp³-hybridized carbons (Fsp3) is 0.846. The summed E-state index contributed by atoms with van der Waals surface area (Å²) in [6, 6.07) is -0.561. The molecule has 0 fully saturated rings. The fourth-order valence-corrected chi connectivity index (χ4v) is 1.73. The third kappa shape index (κ3) is 6.89. The molecule has 0 aliphatic heterocycles. The molecule has 0 saturated heterocycles. The summed E-state index contributed by atoms with van der Waals surface area (Å²) < 4.78 is 5.34. The van der Waals surface area contributed by atoms with Crippen LogP contribution < -0.4 is 5.32 Å². The second kappa shape index (κ2) is 7.67. The highest BCUT2D eigenvalue weighted by Gasteiger charge is 2.30. The Morgan fingerprint density at radius 3 is 2.28 bits per heavy atom. The van der Waals surface area contributed by atoms with E-state index in [0.717, 1.165) is 6.42 Å². The Morgan fingerprint density at radius 2 is 1.89 bits per heavy atom. The van der Waals surface area contributed by atoms with E-state index in [2.05, 4.69) is 5.32 Å². The van der Waals surface area contributed by atoms with Crippen molar-refractivity contribution in [3.63, 3.8) is 0 Å². The fourth-order valence-electron chi connectivity index (χ4n) is 1.38. The molecular weight excluding hydrogens is 250 g/mol. The maximum atomic E-state index is 12.1. The zero-order chi connectivity index (χ0) is 14.3. The van der Waals surface area contributed by atoms with Crippen LogP contribution in [0, 0.1) is 5.92 Å². The Kier molecular flexibility index (Phi) is 7.36. The van der Waals surface area contributed by atoms with Crippen LogP contribution >= 0.6 is 11.8 Å². The van der Waals surface area contributed by atoms with Gasteiger partial charge in [-0.25, -0.2) is 4.79 Å². The molecule has 4 nitrogen and oxygen atoms in total. The number of esters is 1. The van der Waals surface area contributed by atoms with Crippen LogP contribution in [-0.4, -0.2) is 35.5 Å². The summed E-state index contributed by atoms with van der Waals surface area (Å²) in [5, 5.41) is 2.76. The summed E-state index contributed by atoms with van der Waals surface area (Å²) in [6.07, 6.45) is 2.66. The molecule has 0 unspecified atom stereocenters. The minimum absolute atomic E-state index is 0.0608. The first kappa shape index (κ1) is 17.3. The molecule has 0 saturated carbocycles. The molecule has 0 aromatic carbocycles. The summed E-state index contributed by atoms with van der Waals surface area (Å²) in [4.78, 5) is 23.7. The smallest absolute Gasteiger partial charge is 0.329 e. The van der Waals surface area contributed by atoms with Crippen LogP contribution in [0.4, 0.5) is 0 Å². The van der Waals surface area contributed by atoms with E-state index in [1.54, 1.807) is 0 Å². The molecule has 5 heteroatoms. The molecule has 0 spiro atoms. The van der Waals surface area contributed by atoms with Gasteiger partial charge >= 0.3 is 5.97 Å². The summed E-state index contributed by atoms with van der Waals surface area (Å²) >= 11 is 1.43. The van der Waals surface area contributed by atoms with E-state index >= 15 is 0 Å². The van der Waals surface area contributed by atoms with E-state index in [1.165, 1.54) is 11.8 Å². The number of carbonyl (C=O) groups is 2. The summed E-state index contributed by atoms with van der Waals surface area (Å²) in [5.74, 6) is -0.0638. The lowest BCUT2D eigenvalue weighted by molar-refractivity contribution is -0.160. The van der Waals surface area contributed by atoms with E-state index in [1.807, 2.05) is 40.9 Å². The van der Waals surface area contributed by atoms with Crippen molar-refractivity contribution in [2.45, 2.75) is 52.7 Å². The summed E-state index contributed by atoms with van der Waals surface area (Å²) in [7, 11) is 0. The quantitative estimate of drug-likeness (QED) is 0.755. The third-order valence-corrected chi connectivity index (χ3v) is 3.02. The van der Waals surface area contributed by atoms with Crippen molar-refractivity contribution in [2.24, 2.45) is 5.92 Å². The van der Waals surface area contributed by atoms with Gasteiger partial charge in [0.25, 0.3) is 0 Å². The molecule has 0 heterocycles. The molecule has 18 heavy (non-hydrogen) atoms. The SMILES string of the molecule is CC[C@H](C)[C@H](NC(=O)CSC)C(=O)OC(C)(C)C. The van der Waals surface area contributed by atoms with Gasteiger partial charge in [-0.3, -0.25) is 4.79 Å². The topological polar surface area (TPSA) is 55.4 Å². The maximum Gasteiger partial charge on any atom is 0.329 e. The monoisotopic (exact) mass is 275 g/mol. The maximum absolute atomic E-state index is 12.1. The van der Waals surface area contributed by atoms with Crippen molar-refractivity contribution < 1.29 is 14.3 Å². The molecule has 0 radical (unpaired) electrons. The number of amides is 1. The zero-order valence-electron chi connectivity index (χ0n) is 12.2. The number of hydrogen-bond donors (Lipinski definition) is 1. The van der Waals surface area contributed by atoms with Crippen LogP contribution in [-0.2, 0) is 14.3 Å². The van der Waals surface area contributed by atoms with Crippen molar-refractivity contribution in [1.82, 2.24) is 5.32 Å². The lowest BCUT2D eigenvalue weighted by Gasteiger charge is -2.27. The van der Waals surface area contributed by atoms with E-state index in [9.17, 15) is 9.59 Å². The van der Waals surface area contributed by atoms with E-state index in [-0.39, 0.29) is 17.8 Å². The minimum atomic E-state index is -0.561. The highest BCUT2D eigenvalue weighted by atomic mass is 32.2. The lowest BCUT2D eigenvalue weighted by atomic mass is 9.99. The van der Waals surface area contributed by atoms with Gasteiger partial charge in [0.1, 0.15) is 11.6 Å². The van der Waals surface area contributed by atoms with Gasteiger partial charge in [-0.15, -0.1) is 0 Å². The molecule has 0 aliphatic carbocycles. The molecule has 0 rings (SSSR count). The number of carbonyl (C=O) groups excluding carboxylic acids is 2. The van der Waals surface area contributed by atoms with Gasteiger partial charge in [-0.2, -0.15) is 11.8 Å². The molecule has 0 aromatic heterocycles. The summed E-state index contributed by atoms with van der Waals surface area (Å²) in [6.45, 7) is 9.39. The Morgan fingerprint density at radius 1 is 1.33 bits per heavy atom. The highest BCUT2D eigenvalue weighted by molar-refractivity contribution is 7.99. The van der Waals surface area contributed by atoms with Crippen LogP contribution in [0.5, 0.6) is 0 Å². The minimum Gasteiger partial charge on any atom is -0.458 e. The highest BCUT2D eigenvalue weighted by Crippen LogP contribution is 2.14. The Balaban J connectivity index is 4.68. The second-order valence-electron chi connectivity index (χ2n) is 5.40. The predicted molar refractivity (Wildman–Crippen MR) is 75.6 cm³/mol. The molecule has 1 amide bonds. The van der Waals surface area contributed by atoms with Crippen LogP contribution in [0.15, 0.2) is 0 Å². The molecule has 106 valence electrons. The average Bonchev–Trinajstić information content (AvgIpc) is 2.22. The molecule has 0 aliphatic rings. The van der Waals surface area contributed by atoms with Crippen LogP contribution in [0.3, 0.4) is 0 Å². The van der Waals surface area contributed by atoms with Gasteiger partial charge in [0.05, 0.1) is 5.75 Å². The third-order valence-electron chi connectivity index (χ3n) is 2.47. The molecule has 2 atom stereocenters. The van der Waals surface area contributed by atoms with Crippen LogP contribution in [0.25, 0.3) is 0 Å². The van der Waals surface area contributed by atoms with E-state index < -0.39 is 11.6 Å². The number of thioether (sulfide) groups is 1. The first-order valence-electron chi connectivity index (χ1n) is 6.22. The Labute approximate surface area is 114 Å². The van der Waals surface area contributed by atoms with Gasteiger partial charge in [0.15, 0.2) is 0 Å². The summed E-state index contributed by atoms with van der Waals surface area (Å²) in [5.41, 5.74) is -0.535. The van der Waals surface area contributed by atoms with Gasteiger partial charge in [-0.1, -0.05) is 20.3 Å². The van der Waals surface area contributed by atoms with Gasteiger partial charge in [0.2, 0.25) is 5.91 Å². The van der Waals surface area contributed by atoms with E-state index in [4.69, 9.17) is 4.74 Å². The predicted octanol–water partition coefficient (Wildman–Crippen LogP) is 2.22. The number of nitrogens with one attached hydrogen (secondary N) is 1. The Hall–Kier alpha value is -0.710. The molecular formula is C13H25NO3S. The largest absolute Gasteiger partial charge is 0.458 e. The van der Waals surface area contributed by atoms with Crippen molar-refractivity contribution >= 4 is 23.6 Å². The first-order valence-corrected chi connectivity index (χ1v) is 7.61. The molecule has 1 N–H and O–H groups in total. The normalized spacial score (nSPS) is 14.8. The first-order chi connectivity index (χ1) is 8.21. The average molecular weight is 275 g/mol. The standard InChI is InChI=1S/C13H25NO3S/c1-7-9(2)11(14-10(15)8-18-6)12(16)17-13(3,4)5/h9,11H,7-8H2,1-6H3,(H,14,15)/t9-,11-/m0/s1. The van der Waals surface area contributed by atoms with Gasteiger partial charge < -0.3 is 10.1 Å².